The largest absolute Gasteiger partial charge is 0.467 e. The van der Waals surface area contributed by atoms with Gasteiger partial charge in [-0.25, -0.2) is 0 Å². The Balaban J connectivity index is 2.62. The number of nitrogens with one attached hydrogen (secondary N) is 1. The molecule has 0 spiro atoms. The minimum Gasteiger partial charge on any atom is -0.467 e. The number of benzene rings is 1. The van der Waals surface area contributed by atoms with Crippen molar-refractivity contribution < 1.29 is 17.9 Å². The molecular weight excluding hydrogens is 273 g/mol. The molecule has 0 aliphatic carbocycles. The summed E-state index contributed by atoms with van der Waals surface area (Å²) >= 11 is 0. The van der Waals surface area contributed by atoms with Gasteiger partial charge in [-0.15, -0.1) is 0 Å². The Morgan fingerprint density at radius 3 is 2.40 bits per heavy atom. The summed E-state index contributed by atoms with van der Waals surface area (Å²) in [4.78, 5) is 11.6. The lowest BCUT2D eigenvalue weighted by atomic mass is 10.1. The van der Waals surface area contributed by atoms with E-state index in [4.69, 9.17) is 4.74 Å². The molecule has 0 aliphatic heterocycles. The minimum absolute atomic E-state index is 0.0590. The lowest BCUT2D eigenvalue weighted by Gasteiger charge is -2.12. The van der Waals surface area contributed by atoms with Crippen LogP contribution >= 0.6 is 0 Å². The second-order valence-corrected chi connectivity index (χ2v) is 3.76. The molecule has 2 rings (SSSR count). The van der Waals surface area contributed by atoms with Crippen molar-refractivity contribution in [1.82, 2.24) is 15.0 Å². The molecule has 0 atom stereocenters. The van der Waals surface area contributed by atoms with Gasteiger partial charge in [0.25, 0.3) is 0 Å². The zero-order valence-electron chi connectivity index (χ0n) is 10.7. The zero-order chi connectivity index (χ0) is 14.8. The molecule has 1 aromatic heterocycles. The van der Waals surface area contributed by atoms with E-state index in [2.05, 4.69) is 20.3 Å². The molecular formula is C12H11F3N4O. The standard InChI is InChI=1S/C12H11F3N4O/c1-16-10-17-9(18-11(19-10)20-2)7-5-3-4-6-8(7)12(13,14)15/h3-6H,1-2H3,(H,16,17,18,19). The minimum atomic E-state index is -4.49. The number of aromatic nitrogens is 3. The van der Waals surface area contributed by atoms with Crippen molar-refractivity contribution >= 4 is 5.95 Å². The second kappa shape index (κ2) is 5.32. The smallest absolute Gasteiger partial charge is 0.417 e. The van der Waals surface area contributed by atoms with Gasteiger partial charge in [-0.2, -0.15) is 28.1 Å². The quantitative estimate of drug-likeness (QED) is 0.938. The molecule has 1 heterocycles. The molecule has 0 aliphatic rings. The van der Waals surface area contributed by atoms with E-state index in [0.717, 1.165) is 6.07 Å². The highest BCUT2D eigenvalue weighted by Crippen LogP contribution is 2.36. The molecule has 106 valence electrons. The Hall–Kier alpha value is -2.38. The summed E-state index contributed by atoms with van der Waals surface area (Å²) in [7, 11) is 2.88. The van der Waals surface area contributed by atoms with E-state index in [9.17, 15) is 13.2 Å². The van der Waals surface area contributed by atoms with Gasteiger partial charge >= 0.3 is 12.2 Å². The molecule has 5 nitrogen and oxygen atoms in total. The van der Waals surface area contributed by atoms with E-state index < -0.39 is 11.7 Å². The van der Waals surface area contributed by atoms with Crippen LogP contribution in [0.5, 0.6) is 6.01 Å². The van der Waals surface area contributed by atoms with Gasteiger partial charge in [0, 0.05) is 12.6 Å². The Morgan fingerprint density at radius 1 is 1.10 bits per heavy atom. The number of nitrogens with zero attached hydrogens (tertiary/aromatic N) is 3. The first-order valence-electron chi connectivity index (χ1n) is 5.60. The predicted octanol–water partition coefficient (Wildman–Crippen LogP) is 2.61. The van der Waals surface area contributed by atoms with Crippen molar-refractivity contribution in [2.75, 3.05) is 19.5 Å². The summed E-state index contributed by atoms with van der Waals surface area (Å²) in [6, 6.07) is 5.02. The third-order valence-electron chi connectivity index (χ3n) is 2.49. The molecule has 0 radical (unpaired) electrons. The van der Waals surface area contributed by atoms with E-state index in [1.807, 2.05) is 0 Å². The van der Waals surface area contributed by atoms with Gasteiger partial charge in [0.1, 0.15) is 0 Å². The highest BCUT2D eigenvalue weighted by Gasteiger charge is 2.34. The molecule has 8 heteroatoms. The number of alkyl halides is 3. The van der Waals surface area contributed by atoms with E-state index in [1.54, 1.807) is 7.05 Å². The summed E-state index contributed by atoms with van der Waals surface area (Å²) in [5.74, 6) is 0.0259. The number of ether oxygens (including phenoxy) is 1. The normalized spacial score (nSPS) is 11.2. The lowest BCUT2D eigenvalue weighted by molar-refractivity contribution is -0.137. The maximum atomic E-state index is 13.0. The van der Waals surface area contributed by atoms with E-state index in [0.29, 0.717) is 0 Å². The molecule has 0 bridgehead atoms. The van der Waals surface area contributed by atoms with E-state index in [-0.39, 0.29) is 23.3 Å². The van der Waals surface area contributed by atoms with Crippen molar-refractivity contribution in [2.24, 2.45) is 0 Å². The van der Waals surface area contributed by atoms with Gasteiger partial charge in [0.2, 0.25) is 5.95 Å². The summed E-state index contributed by atoms with van der Waals surface area (Å²) < 4.78 is 43.8. The van der Waals surface area contributed by atoms with Crippen LogP contribution in [0.3, 0.4) is 0 Å². The first-order valence-corrected chi connectivity index (χ1v) is 5.60. The Labute approximate surface area is 112 Å². The third kappa shape index (κ3) is 2.79. The van der Waals surface area contributed by atoms with E-state index >= 15 is 0 Å². The number of hydrogen-bond acceptors (Lipinski definition) is 5. The van der Waals surface area contributed by atoms with Crippen LogP contribution in [0, 0.1) is 0 Å². The maximum absolute atomic E-state index is 13.0. The summed E-state index contributed by atoms with van der Waals surface area (Å²) in [6.07, 6.45) is -4.49. The first kappa shape index (κ1) is 14.0. The Morgan fingerprint density at radius 2 is 1.80 bits per heavy atom. The predicted molar refractivity (Wildman–Crippen MR) is 66.4 cm³/mol. The van der Waals surface area contributed by atoms with Crippen molar-refractivity contribution in [1.29, 1.82) is 0 Å². The number of hydrogen-bond donors (Lipinski definition) is 1. The van der Waals surface area contributed by atoms with Crippen molar-refractivity contribution in [2.45, 2.75) is 6.18 Å². The van der Waals surface area contributed by atoms with Crippen LogP contribution in [0.15, 0.2) is 24.3 Å². The van der Waals surface area contributed by atoms with Crippen LogP contribution in [-0.4, -0.2) is 29.1 Å². The second-order valence-electron chi connectivity index (χ2n) is 3.76. The summed E-state index contributed by atoms with van der Waals surface area (Å²) in [5, 5.41) is 2.65. The van der Waals surface area contributed by atoms with Gasteiger partial charge in [-0.05, 0) is 6.07 Å². The monoisotopic (exact) mass is 284 g/mol. The van der Waals surface area contributed by atoms with Gasteiger partial charge in [0.15, 0.2) is 5.82 Å². The van der Waals surface area contributed by atoms with Gasteiger partial charge in [-0.1, -0.05) is 18.2 Å². The fourth-order valence-corrected chi connectivity index (χ4v) is 1.61. The Kier molecular flexibility index (Phi) is 3.73. The van der Waals surface area contributed by atoms with Crippen LogP contribution in [0.2, 0.25) is 0 Å². The number of rotatable bonds is 3. The highest BCUT2D eigenvalue weighted by molar-refractivity contribution is 5.62. The van der Waals surface area contributed by atoms with Crippen LogP contribution in [0.4, 0.5) is 19.1 Å². The molecule has 0 unspecified atom stereocenters. The fraction of sp³-hybridized carbons (Fsp3) is 0.250. The van der Waals surface area contributed by atoms with Crippen LogP contribution in [-0.2, 0) is 6.18 Å². The number of methoxy groups -OCH3 is 1. The molecule has 0 saturated heterocycles. The van der Waals surface area contributed by atoms with Gasteiger partial charge in [0.05, 0.1) is 12.7 Å². The SMILES string of the molecule is CNc1nc(OC)nc(-c2ccccc2C(F)(F)F)n1. The van der Waals surface area contributed by atoms with Gasteiger partial charge in [-0.3, -0.25) is 0 Å². The summed E-state index contributed by atoms with van der Waals surface area (Å²) in [6.45, 7) is 0. The molecule has 1 aromatic carbocycles. The highest BCUT2D eigenvalue weighted by atomic mass is 19.4. The third-order valence-corrected chi connectivity index (χ3v) is 2.49. The van der Waals surface area contributed by atoms with Crippen molar-refractivity contribution in [3.05, 3.63) is 29.8 Å². The van der Waals surface area contributed by atoms with Crippen LogP contribution in [0.25, 0.3) is 11.4 Å². The Bertz CT molecular complexity index is 594. The zero-order valence-corrected chi connectivity index (χ0v) is 10.7. The topological polar surface area (TPSA) is 59.9 Å². The number of anilines is 1. The summed E-state index contributed by atoms with van der Waals surface area (Å²) in [5.41, 5.74) is -0.937. The van der Waals surface area contributed by atoms with Crippen molar-refractivity contribution in [3.63, 3.8) is 0 Å². The average molecular weight is 284 g/mol. The number of halogens is 3. The van der Waals surface area contributed by atoms with E-state index in [1.165, 1.54) is 25.3 Å². The molecule has 0 fully saturated rings. The molecule has 1 N–H and O–H groups in total. The molecule has 0 saturated carbocycles. The van der Waals surface area contributed by atoms with Crippen LogP contribution < -0.4 is 10.1 Å². The fourth-order valence-electron chi connectivity index (χ4n) is 1.61. The van der Waals surface area contributed by atoms with Crippen LogP contribution in [0.1, 0.15) is 5.56 Å². The maximum Gasteiger partial charge on any atom is 0.417 e. The first-order chi connectivity index (χ1) is 9.45. The van der Waals surface area contributed by atoms with Crippen molar-refractivity contribution in [3.8, 4) is 17.4 Å². The lowest BCUT2D eigenvalue weighted by Crippen LogP contribution is -2.09. The molecule has 0 amide bonds. The average Bonchev–Trinajstić information content (AvgIpc) is 2.45. The molecule has 2 aromatic rings. The molecule has 20 heavy (non-hydrogen) atoms. The van der Waals surface area contributed by atoms with Gasteiger partial charge < -0.3 is 10.1 Å².